The summed E-state index contributed by atoms with van der Waals surface area (Å²) in [5, 5.41) is 7.43. The summed E-state index contributed by atoms with van der Waals surface area (Å²) < 4.78 is 20.0. The Kier molecular flexibility index (Phi) is 9.61. The number of piperazine rings is 1. The highest BCUT2D eigenvalue weighted by Crippen LogP contribution is 2.42. The average Bonchev–Trinajstić information content (AvgIpc) is 3.95. The number of benzene rings is 2. The first-order valence-electron chi connectivity index (χ1n) is 17.0. The van der Waals surface area contributed by atoms with Gasteiger partial charge >= 0.3 is 0 Å². The quantitative estimate of drug-likeness (QED) is 0.181. The van der Waals surface area contributed by atoms with Crippen LogP contribution in [0.5, 0.6) is 5.75 Å². The fraction of sp³-hybridized carbons (Fsp3) is 0.486. The molecule has 4 heterocycles. The number of fused-ring (bicyclic) bond motifs is 1. The second-order valence-corrected chi connectivity index (χ2v) is 17.4. The maximum atomic E-state index is 13.4. The third-order valence-corrected chi connectivity index (χ3v) is 12.0. The number of aryl methyl sites for hydroxylation is 1. The summed E-state index contributed by atoms with van der Waals surface area (Å²) in [6, 6.07) is 9.63. The fourth-order valence-corrected chi connectivity index (χ4v) is 8.95. The summed E-state index contributed by atoms with van der Waals surface area (Å²) >= 11 is 3.60. The first-order valence-corrected chi connectivity index (χ1v) is 20.4. The summed E-state index contributed by atoms with van der Waals surface area (Å²) in [4.78, 5) is 26.2. The number of piperidine rings is 1. The summed E-state index contributed by atoms with van der Waals surface area (Å²) in [5.74, 6) is 1.69. The van der Waals surface area contributed by atoms with Gasteiger partial charge < -0.3 is 24.8 Å². The van der Waals surface area contributed by atoms with E-state index in [-0.39, 0.29) is 0 Å². The van der Waals surface area contributed by atoms with Crippen molar-refractivity contribution in [3.05, 3.63) is 52.9 Å². The first-order chi connectivity index (χ1) is 23.2. The van der Waals surface area contributed by atoms with Crippen molar-refractivity contribution in [2.24, 2.45) is 0 Å². The largest absolute Gasteiger partial charge is 0.494 e. The molecule has 13 heteroatoms. The molecule has 0 amide bonds. The molecule has 11 nitrogen and oxygen atoms in total. The van der Waals surface area contributed by atoms with E-state index in [1.54, 1.807) is 39.0 Å². The van der Waals surface area contributed by atoms with Crippen LogP contribution in [0.3, 0.4) is 0 Å². The van der Waals surface area contributed by atoms with Gasteiger partial charge in [0.2, 0.25) is 5.95 Å². The lowest BCUT2D eigenvalue weighted by atomic mass is 9.99. The number of hydrogen-bond acceptors (Lipinski definition) is 11. The molecule has 3 fully saturated rings. The van der Waals surface area contributed by atoms with Gasteiger partial charge in [0.1, 0.15) is 24.2 Å². The number of methoxy groups -OCH3 is 1. The molecular formula is C35H45BrN9O2P. The molecule has 254 valence electrons. The molecule has 1 aliphatic carbocycles. The predicted octanol–water partition coefficient (Wildman–Crippen LogP) is 6.24. The molecule has 2 saturated heterocycles. The zero-order valence-electron chi connectivity index (χ0n) is 28.2. The number of aromatic nitrogens is 4. The van der Waals surface area contributed by atoms with E-state index in [0.717, 1.165) is 37.0 Å². The monoisotopic (exact) mass is 733 g/mol. The summed E-state index contributed by atoms with van der Waals surface area (Å²) in [6.45, 7) is 12.7. The highest BCUT2D eigenvalue weighted by atomic mass is 79.9. The van der Waals surface area contributed by atoms with Crippen LogP contribution in [0.4, 0.5) is 28.8 Å². The second kappa shape index (κ2) is 13.9. The molecule has 0 atom stereocenters. The van der Waals surface area contributed by atoms with Gasteiger partial charge in [-0.1, -0.05) is 6.92 Å². The van der Waals surface area contributed by atoms with Gasteiger partial charge in [0, 0.05) is 81.7 Å². The third kappa shape index (κ3) is 7.04. The van der Waals surface area contributed by atoms with Crippen molar-refractivity contribution in [3.63, 3.8) is 0 Å². The summed E-state index contributed by atoms with van der Waals surface area (Å²) in [5.41, 5.74) is 5.29. The molecule has 1 saturated carbocycles. The molecule has 0 unspecified atom stereocenters. The zero-order chi connectivity index (χ0) is 33.4. The number of ether oxygens (including phenoxy) is 1. The molecule has 2 N–H and O–H groups in total. The van der Waals surface area contributed by atoms with Gasteiger partial charge in [-0.15, -0.1) is 0 Å². The van der Waals surface area contributed by atoms with E-state index in [1.165, 1.54) is 63.1 Å². The third-order valence-electron chi connectivity index (χ3n) is 9.91. The van der Waals surface area contributed by atoms with E-state index in [9.17, 15) is 4.57 Å². The average molecular weight is 735 g/mol. The number of nitrogens with zero attached hydrogens (tertiary/aromatic N) is 7. The molecule has 2 aliphatic heterocycles. The number of rotatable bonds is 10. The smallest absolute Gasteiger partial charge is 0.229 e. The van der Waals surface area contributed by atoms with Crippen LogP contribution in [-0.4, -0.2) is 102 Å². The number of nitrogens with one attached hydrogen (secondary N) is 2. The fourth-order valence-electron chi connectivity index (χ4n) is 7.27. The molecular weight excluding hydrogens is 689 g/mol. The van der Waals surface area contributed by atoms with E-state index < -0.39 is 7.14 Å². The van der Waals surface area contributed by atoms with Gasteiger partial charge in [-0.25, -0.2) is 4.98 Å². The Bertz CT molecular complexity index is 1830. The Labute approximate surface area is 291 Å². The van der Waals surface area contributed by atoms with Crippen LogP contribution < -0.4 is 25.6 Å². The minimum atomic E-state index is -2.73. The van der Waals surface area contributed by atoms with Gasteiger partial charge in [-0.05, 0) is 85.1 Å². The SMILES string of the molecule is CCc1cc(Nc2ncc(Br)c(Nc3ccc4nccnc4c3P(C)(C)=O)n2)c(OC)cc1N1CCC(N2CCN(C3CC3)CC2)CC1. The minimum Gasteiger partial charge on any atom is -0.494 e. The molecule has 3 aliphatic rings. The van der Waals surface area contributed by atoms with Gasteiger partial charge in [0.25, 0.3) is 0 Å². The van der Waals surface area contributed by atoms with Crippen molar-refractivity contribution < 1.29 is 9.30 Å². The van der Waals surface area contributed by atoms with Crippen molar-refractivity contribution >= 4 is 68.2 Å². The van der Waals surface area contributed by atoms with Crippen molar-refractivity contribution in [2.75, 3.05) is 75.2 Å². The van der Waals surface area contributed by atoms with Crippen LogP contribution in [-0.2, 0) is 11.0 Å². The number of anilines is 5. The highest BCUT2D eigenvalue weighted by molar-refractivity contribution is 9.10. The Morgan fingerprint density at radius 2 is 1.58 bits per heavy atom. The molecule has 2 aromatic heterocycles. The van der Waals surface area contributed by atoms with Crippen LogP contribution in [0.15, 0.2) is 47.3 Å². The minimum absolute atomic E-state index is 0.412. The van der Waals surface area contributed by atoms with E-state index in [4.69, 9.17) is 9.72 Å². The van der Waals surface area contributed by atoms with E-state index in [2.05, 4.69) is 75.3 Å². The summed E-state index contributed by atoms with van der Waals surface area (Å²) in [6.07, 6.45) is 11.0. The van der Waals surface area contributed by atoms with Crippen molar-refractivity contribution in [3.8, 4) is 5.75 Å². The molecule has 7 rings (SSSR count). The van der Waals surface area contributed by atoms with Crippen molar-refractivity contribution in [2.45, 2.75) is 51.1 Å². The van der Waals surface area contributed by atoms with Gasteiger partial charge in [-0.3, -0.25) is 19.8 Å². The lowest BCUT2D eigenvalue weighted by molar-refractivity contribution is 0.0809. The van der Waals surface area contributed by atoms with Crippen LogP contribution in [0.25, 0.3) is 11.0 Å². The lowest BCUT2D eigenvalue weighted by Gasteiger charge is -2.43. The van der Waals surface area contributed by atoms with E-state index in [1.807, 2.05) is 12.1 Å². The van der Waals surface area contributed by atoms with Crippen LogP contribution in [0.1, 0.15) is 38.2 Å². The van der Waals surface area contributed by atoms with Crippen LogP contribution in [0.2, 0.25) is 0 Å². The van der Waals surface area contributed by atoms with Crippen molar-refractivity contribution in [1.29, 1.82) is 0 Å². The molecule has 4 aromatic rings. The zero-order valence-corrected chi connectivity index (χ0v) is 30.7. The predicted molar refractivity (Wildman–Crippen MR) is 199 cm³/mol. The van der Waals surface area contributed by atoms with E-state index >= 15 is 0 Å². The molecule has 0 radical (unpaired) electrons. The Morgan fingerprint density at radius 3 is 2.23 bits per heavy atom. The molecule has 0 bridgehead atoms. The standard InChI is InChI=1S/C35H45BrN9O2P/c1-5-23-20-29(31(47-2)21-30(23)45-14-10-25(11-15-45)44-18-16-43(17-19-44)24-6-7-24)41-35-39-22-26(36)34(42-35)40-28-9-8-27-32(38-13-12-37-27)33(28)48(3,4)46/h8-9,12-13,20-22,24-25H,5-7,10-11,14-19H2,1-4H3,(H2,39,40,41,42). The number of halogens is 1. The van der Waals surface area contributed by atoms with Crippen molar-refractivity contribution in [1.82, 2.24) is 29.7 Å². The summed E-state index contributed by atoms with van der Waals surface area (Å²) in [7, 11) is -1.03. The number of hydrogen-bond donors (Lipinski definition) is 2. The highest BCUT2D eigenvalue weighted by Gasteiger charge is 2.34. The molecule has 48 heavy (non-hydrogen) atoms. The maximum Gasteiger partial charge on any atom is 0.229 e. The Balaban J connectivity index is 1.08. The molecule has 2 aromatic carbocycles. The van der Waals surface area contributed by atoms with Gasteiger partial charge in [0.15, 0.2) is 0 Å². The maximum absolute atomic E-state index is 13.4. The lowest BCUT2D eigenvalue weighted by Crippen LogP contribution is -2.53. The topological polar surface area (TPSA) is 112 Å². The molecule has 0 spiro atoms. The first kappa shape index (κ1) is 33.2. The van der Waals surface area contributed by atoms with Gasteiger partial charge in [0.05, 0.1) is 33.8 Å². The Hall–Kier alpha value is -3.31. The second-order valence-electron chi connectivity index (χ2n) is 13.4. The van der Waals surface area contributed by atoms with Crippen LogP contribution >= 0.6 is 23.1 Å². The van der Waals surface area contributed by atoms with Gasteiger partial charge in [-0.2, -0.15) is 4.98 Å². The van der Waals surface area contributed by atoms with Crippen LogP contribution in [0, 0.1) is 0 Å². The van der Waals surface area contributed by atoms with E-state index in [0.29, 0.717) is 44.3 Å². The normalized spacial score (nSPS) is 18.3. The Morgan fingerprint density at radius 1 is 0.896 bits per heavy atom.